The minimum absolute atomic E-state index is 0.0506. The van der Waals surface area contributed by atoms with Crippen molar-refractivity contribution < 1.29 is 23.9 Å². The molecule has 1 aromatic rings. The number of hydrogen-bond acceptors (Lipinski definition) is 6. The normalized spacial score (nSPS) is 15.0. The van der Waals surface area contributed by atoms with Gasteiger partial charge >= 0.3 is 12.1 Å². The van der Waals surface area contributed by atoms with E-state index in [1.54, 1.807) is 12.3 Å². The van der Waals surface area contributed by atoms with Crippen molar-refractivity contribution in [2.75, 3.05) is 6.54 Å². The fourth-order valence-electron chi connectivity index (χ4n) is 2.68. The van der Waals surface area contributed by atoms with Crippen molar-refractivity contribution in [2.24, 2.45) is 11.7 Å². The van der Waals surface area contributed by atoms with E-state index in [-0.39, 0.29) is 25.5 Å². The van der Waals surface area contributed by atoms with Crippen molar-refractivity contribution in [3.05, 3.63) is 46.9 Å². The van der Waals surface area contributed by atoms with Crippen LogP contribution in [0.15, 0.2) is 41.3 Å². The molecule has 0 saturated carbocycles. The molecule has 0 saturated heterocycles. The predicted molar refractivity (Wildman–Crippen MR) is 113 cm³/mol. The standard InChI is InChI=1S/C20H26N4O5S/c1-3-13(2)17(22-20(28)29-11-14-7-5-4-6-8-14)18(26)23-19(27)24-10-15(12-30-24)9-16(21)25/h4-8,12-13,17H,3,9-11H2,1-2H3,(H2,21,25)(H,22,28)(H,23,26,27)/t13-,17-/m0/s1. The Bertz CT molecular complexity index is 815. The van der Waals surface area contributed by atoms with Crippen molar-refractivity contribution in [2.45, 2.75) is 39.3 Å². The number of alkyl carbamates (subject to hydrolysis) is 1. The monoisotopic (exact) mass is 434 g/mol. The predicted octanol–water partition coefficient (Wildman–Crippen LogP) is 2.29. The number of carbonyl (C=O) groups excluding carboxylic acids is 4. The maximum atomic E-state index is 12.7. The second-order valence-corrected chi connectivity index (χ2v) is 7.81. The zero-order chi connectivity index (χ0) is 22.1. The fourth-order valence-corrected chi connectivity index (χ4v) is 3.49. The molecule has 9 nitrogen and oxygen atoms in total. The topological polar surface area (TPSA) is 131 Å². The van der Waals surface area contributed by atoms with E-state index in [0.717, 1.165) is 17.5 Å². The summed E-state index contributed by atoms with van der Waals surface area (Å²) < 4.78 is 6.48. The van der Waals surface area contributed by atoms with Crippen LogP contribution in [0.2, 0.25) is 0 Å². The van der Waals surface area contributed by atoms with Gasteiger partial charge in [-0.2, -0.15) is 0 Å². The van der Waals surface area contributed by atoms with Gasteiger partial charge in [0.05, 0.1) is 6.54 Å². The molecule has 1 aliphatic heterocycles. The third-order valence-corrected chi connectivity index (χ3v) is 5.52. The number of ether oxygens (including phenoxy) is 1. The molecule has 0 aliphatic carbocycles. The van der Waals surface area contributed by atoms with Crippen molar-refractivity contribution in [1.29, 1.82) is 0 Å². The first-order valence-electron chi connectivity index (χ1n) is 9.52. The number of benzene rings is 1. The summed E-state index contributed by atoms with van der Waals surface area (Å²) in [4.78, 5) is 48.2. The number of nitrogens with two attached hydrogens (primary N) is 1. The number of primary amides is 1. The first-order valence-corrected chi connectivity index (χ1v) is 10.4. The molecule has 0 spiro atoms. The van der Waals surface area contributed by atoms with Gasteiger partial charge in [0.25, 0.3) is 5.91 Å². The molecule has 1 aliphatic rings. The van der Waals surface area contributed by atoms with E-state index in [1.165, 1.54) is 4.31 Å². The summed E-state index contributed by atoms with van der Waals surface area (Å²) >= 11 is 1.08. The molecule has 0 bridgehead atoms. The molecule has 0 unspecified atom stereocenters. The van der Waals surface area contributed by atoms with Crippen LogP contribution < -0.4 is 16.4 Å². The Morgan fingerprint density at radius 2 is 1.93 bits per heavy atom. The van der Waals surface area contributed by atoms with E-state index >= 15 is 0 Å². The first kappa shape index (κ1) is 23.3. The molecule has 30 heavy (non-hydrogen) atoms. The van der Waals surface area contributed by atoms with Crippen LogP contribution in [0, 0.1) is 5.92 Å². The van der Waals surface area contributed by atoms with Crippen molar-refractivity contribution in [3.63, 3.8) is 0 Å². The lowest BCUT2D eigenvalue weighted by atomic mass is 9.98. The number of hydrogen-bond donors (Lipinski definition) is 3. The van der Waals surface area contributed by atoms with E-state index in [2.05, 4.69) is 10.6 Å². The Morgan fingerprint density at radius 1 is 1.23 bits per heavy atom. The smallest absolute Gasteiger partial charge is 0.408 e. The second-order valence-electron chi connectivity index (χ2n) is 6.92. The van der Waals surface area contributed by atoms with Gasteiger partial charge in [-0.15, -0.1) is 0 Å². The second kappa shape index (κ2) is 11.2. The molecule has 4 N–H and O–H groups in total. The Labute approximate surface area is 179 Å². The molecule has 10 heteroatoms. The Hall–Kier alpha value is -3.01. The summed E-state index contributed by atoms with van der Waals surface area (Å²) in [6.45, 7) is 3.93. The summed E-state index contributed by atoms with van der Waals surface area (Å²) in [5.74, 6) is -1.35. The number of rotatable bonds is 8. The van der Waals surface area contributed by atoms with E-state index in [1.807, 2.05) is 37.3 Å². The highest BCUT2D eigenvalue weighted by Gasteiger charge is 2.30. The Morgan fingerprint density at radius 3 is 2.57 bits per heavy atom. The summed E-state index contributed by atoms with van der Waals surface area (Å²) in [6.07, 6.45) is -0.0871. The van der Waals surface area contributed by atoms with E-state index < -0.39 is 30.0 Å². The SMILES string of the molecule is CC[C@H](C)[C@H](NC(=O)OCc1ccccc1)C(=O)NC(=O)N1CC(CC(N)=O)=CS1. The van der Waals surface area contributed by atoms with Crippen LogP contribution in [0.5, 0.6) is 0 Å². The number of carbonyl (C=O) groups is 4. The molecular formula is C20H26N4O5S. The third kappa shape index (κ3) is 7.11. The number of imide groups is 1. The largest absolute Gasteiger partial charge is 0.445 e. The summed E-state index contributed by atoms with van der Waals surface area (Å²) in [7, 11) is 0. The number of amides is 5. The van der Waals surface area contributed by atoms with Gasteiger partial charge in [0.2, 0.25) is 5.91 Å². The van der Waals surface area contributed by atoms with Crippen LogP contribution in [-0.4, -0.2) is 40.8 Å². The summed E-state index contributed by atoms with van der Waals surface area (Å²) in [5, 5.41) is 6.49. The van der Waals surface area contributed by atoms with Crippen LogP contribution in [0.4, 0.5) is 9.59 Å². The van der Waals surface area contributed by atoms with E-state index in [0.29, 0.717) is 12.0 Å². The van der Waals surface area contributed by atoms with E-state index in [4.69, 9.17) is 10.5 Å². The number of nitrogens with zero attached hydrogens (tertiary/aromatic N) is 1. The van der Waals surface area contributed by atoms with E-state index in [9.17, 15) is 19.2 Å². The van der Waals surface area contributed by atoms with Crippen molar-refractivity contribution in [1.82, 2.24) is 14.9 Å². The average molecular weight is 435 g/mol. The van der Waals surface area contributed by atoms with Crippen LogP contribution in [0.1, 0.15) is 32.3 Å². The van der Waals surface area contributed by atoms with Crippen LogP contribution in [0.3, 0.4) is 0 Å². The molecular weight excluding hydrogens is 408 g/mol. The molecule has 1 aromatic carbocycles. The highest BCUT2D eigenvalue weighted by Crippen LogP contribution is 2.25. The van der Waals surface area contributed by atoms with Gasteiger partial charge in [0.1, 0.15) is 12.6 Å². The van der Waals surface area contributed by atoms with Crippen molar-refractivity contribution >= 4 is 35.9 Å². The average Bonchev–Trinajstić information content (AvgIpc) is 3.18. The van der Waals surface area contributed by atoms with Crippen LogP contribution in [-0.2, 0) is 20.9 Å². The minimum Gasteiger partial charge on any atom is -0.445 e. The molecule has 162 valence electrons. The van der Waals surface area contributed by atoms with Crippen molar-refractivity contribution in [3.8, 4) is 0 Å². The summed E-state index contributed by atoms with van der Waals surface area (Å²) in [5.41, 5.74) is 6.66. The van der Waals surface area contributed by atoms with Crippen LogP contribution >= 0.6 is 11.9 Å². The Kier molecular flexibility index (Phi) is 8.72. The Balaban J connectivity index is 1.89. The molecule has 0 radical (unpaired) electrons. The molecule has 0 aromatic heterocycles. The van der Waals surface area contributed by atoms with Gasteiger partial charge in [0.15, 0.2) is 0 Å². The van der Waals surface area contributed by atoms with Gasteiger partial charge in [-0.1, -0.05) is 50.6 Å². The highest BCUT2D eigenvalue weighted by molar-refractivity contribution is 8.00. The highest BCUT2D eigenvalue weighted by atomic mass is 32.2. The van der Waals surface area contributed by atoms with Crippen LogP contribution in [0.25, 0.3) is 0 Å². The molecule has 5 amide bonds. The minimum atomic E-state index is -0.937. The van der Waals surface area contributed by atoms with Gasteiger partial charge in [0, 0.05) is 6.42 Å². The number of nitrogens with one attached hydrogen (secondary N) is 2. The maximum absolute atomic E-state index is 12.7. The van der Waals surface area contributed by atoms with Gasteiger partial charge in [-0.05, 0) is 34.4 Å². The van der Waals surface area contributed by atoms with Gasteiger partial charge in [-0.3, -0.25) is 19.2 Å². The maximum Gasteiger partial charge on any atom is 0.408 e. The quantitative estimate of drug-likeness (QED) is 0.538. The lowest BCUT2D eigenvalue weighted by Gasteiger charge is -2.24. The fraction of sp³-hybridized carbons (Fsp3) is 0.400. The van der Waals surface area contributed by atoms with Gasteiger partial charge < -0.3 is 15.8 Å². The molecule has 2 rings (SSSR count). The zero-order valence-electron chi connectivity index (χ0n) is 16.9. The molecule has 0 fully saturated rings. The number of urea groups is 1. The molecule has 2 atom stereocenters. The lowest BCUT2D eigenvalue weighted by Crippen LogP contribution is -2.53. The van der Waals surface area contributed by atoms with Gasteiger partial charge in [-0.25, -0.2) is 9.59 Å². The molecule has 1 heterocycles. The third-order valence-electron chi connectivity index (χ3n) is 4.53. The zero-order valence-corrected chi connectivity index (χ0v) is 17.7. The lowest BCUT2D eigenvalue weighted by molar-refractivity contribution is -0.123. The first-order chi connectivity index (χ1) is 14.3. The summed E-state index contributed by atoms with van der Waals surface area (Å²) in [6, 6.07) is 7.59.